The minimum atomic E-state index is -0.0894. The number of thioether (sulfide) groups is 1. The van der Waals surface area contributed by atoms with Gasteiger partial charge in [-0.2, -0.15) is 0 Å². The molecule has 184 valence electrons. The lowest BCUT2D eigenvalue weighted by Crippen LogP contribution is -2.26. The quantitative estimate of drug-likeness (QED) is 0.365. The first-order valence-electron chi connectivity index (χ1n) is 12.1. The molecule has 2 aromatic heterocycles. The molecule has 1 atom stereocenters. The molecule has 1 aliphatic carbocycles. The maximum absolute atomic E-state index is 12.8. The fourth-order valence-corrected chi connectivity index (χ4v) is 6.30. The molecular weight excluding hydrogens is 468 g/mol. The summed E-state index contributed by atoms with van der Waals surface area (Å²) in [4.78, 5) is 19.5. The van der Waals surface area contributed by atoms with Crippen molar-refractivity contribution in [2.75, 3.05) is 31.8 Å². The minimum absolute atomic E-state index is 0.0894. The second-order valence-electron chi connectivity index (χ2n) is 8.81. The van der Waals surface area contributed by atoms with E-state index >= 15 is 0 Å². The molecule has 0 spiro atoms. The van der Waals surface area contributed by atoms with Crippen molar-refractivity contribution in [3.63, 3.8) is 0 Å². The van der Waals surface area contributed by atoms with Crippen molar-refractivity contribution < 1.29 is 9.53 Å². The number of nitrogens with zero attached hydrogens (tertiary/aromatic N) is 5. The van der Waals surface area contributed by atoms with E-state index in [1.165, 1.54) is 42.4 Å². The molecule has 1 aliphatic rings. The Morgan fingerprint density at radius 1 is 1.26 bits per heavy atom. The van der Waals surface area contributed by atoms with Gasteiger partial charge in [-0.1, -0.05) is 49.3 Å². The Kier molecular flexibility index (Phi) is 8.44. The van der Waals surface area contributed by atoms with Crippen LogP contribution in [0.1, 0.15) is 70.3 Å². The number of aromatic nitrogens is 4. The van der Waals surface area contributed by atoms with Crippen LogP contribution in [0, 0.1) is 0 Å². The van der Waals surface area contributed by atoms with Crippen LogP contribution >= 0.6 is 23.1 Å². The van der Waals surface area contributed by atoms with E-state index in [1.807, 2.05) is 25.1 Å². The van der Waals surface area contributed by atoms with Crippen molar-refractivity contribution in [1.29, 1.82) is 0 Å². The van der Waals surface area contributed by atoms with Gasteiger partial charge in [-0.15, -0.1) is 10.2 Å². The third-order valence-electron chi connectivity index (χ3n) is 6.19. The van der Waals surface area contributed by atoms with Crippen LogP contribution in [-0.2, 0) is 4.79 Å². The van der Waals surface area contributed by atoms with Gasteiger partial charge in [-0.05, 0) is 58.5 Å². The van der Waals surface area contributed by atoms with E-state index in [1.54, 1.807) is 0 Å². The van der Waals surface area contributed by atoms with E-state index in [0.29, 0.717) is 17.8 Å². The number of nitrogens with one attached hydrogen (secondary N) is 1. The predicted octanol–water partition coefficient (Wildman–Crippen LogP) is 5.54. The van der Waals surface area contributed by atoms with E-state index in [-0.39, 0.29) is 17.7 Å². The number of ether oxygens (including phenoxy) is 1. The highest BCUT2D eigenvalue weighted by molar-refractivity contribution is 7.99. The summed E-state index contributed by atoms with van der Waals surface area (Å²) in [5, 5.41) is 13.5. The summed E-state index contributed by atoms with van der Waals surface area (Å²) in [5.74, 6) is 2.00. The molecule has 1 unspecified atom stereocenters. The summed E-state index contributed by atoms with van der Waals surface area (Å²) >= 11 is 2.92. The standard InChI is InChI=1S/C24H34N6O2S2/c1-5-19(29(3)4)22-27-28-24(30(22)16-10-8-7-9-11-16)33-15-21(31)26-23-25-18-13-12-17(32-6-2)14-20(18)34-23/h12-14,16,19H,5-11,15H2,1-4H3,(H,25,26,31). The maximum Gasteiger partial charge on any atom is 0.236 e. The van der Waals surface area contributed by atoms with Gasteiger partial charge in [0, 0.05) is 6.04 Å². The number of carbonyl (C=O) groups is 1. The Labute approximate surface area is 209 Å². The number of anilines is 1. The summed E-state index contributed by atoms with van der Waals surface area (Å²) in [6.45, 7) is 4.76. The molecular formula is C24H34N6O2S2. The third kappa shape index (κ3) is 5.72. The van der Waals surface area contributed by atoms with Crippen molar-refractivity contribution in [3.05, 3.63) is 24.0 Å². The summed E-state index contributed by atoms with van der Waals surface area (Å²) in [7, 11) is 4.17. The smallest absolute Gasteiger partial charge is 0.236 e. The van der Waals surface area contributed by atoms with Crippen LogP contribution in [0.3, 0.4) is 0 Å². The largest absolute Gasteiger partial charge is 0.494 e. The van der Waals surface area contributed by atoms with Gasteiger partial charge in [0.05, 0.1) is 28.6 Å². The molecule has 1 N–H and O–H groups in total. The van der Waals surface area contributed by atoms with Crippen LogP contribution < -0.4 is 10.1 Å². The number of hydrogen-bond acceptors (Lipinski definition) is 8. The molecule has 34 heavy (non-hydrogen) atoms. The average Bonchev–Trinajstić information content (AvgIpc) is 3.42. The van der Waals surface area contributed by atoms with E-state index in [2.05, 4.69) is 51.0 Å². The highest BCUT2D eigenvalue weighted by Gasteiger charge is 2.28. The van der Waals surface area contributed by atoms with E-state index < -0.39 is 0 Å². The maximum atomic E-state index is 12.8. The topological polar surface area (TPSA) is 85.2 Å². The molecule has 0 radical (unpaired) electrons. The van der Waals surface area contributed by atoms with Gasteiger partial charge in [0.1, 0.15) is 5.75 Å². The van der Waals surface area contributed by atoms with Crippen molar-refractivity contribution in [3.8, 4) is 5.75 Å². The zero-order valence-corrected chi connectivity index (χ0v) is 22.0. The van der Waals surface area contributed by atoms with Gasteiger partial charge in [-0.25, -0.2) is 4.98 Å². The first-order chi connectivity index (χ1) is 16.5. The van der Waals surface area contributed by atoms with E-state index in [0.717, 1.165) is 46.2 Å². The molecule has 1 saturated carbocycles. The molecule has 4 rings (SSSR count). The zero-order chi connectivity index (χ0) is 24.1. The highest BCUT2D eigenvalue weighted by Crippen LogP contribution is 2.36. The number of rotatable bonds is 10. The fourth-order valence-electron chi connectivity index (χ4n) is 4.58. The third-order valence-corrected chi connectivity index (χ3v) is 8.07. The van der Waals surface area contributed by atoms with E-state index in [4.69, 9.17) is 4.74 Å². The van der Waals surface area contributed by atoms with Crippen LogP contribution in [0.25, 0.3) is 10.2 Å². The molecule has 1 fully saturated rings. The predicted molar refractivity (Wildman–Crippen MR) is 139 cm³/mol. The normalized spacial score (nSPS) is 15.7. The van der Waals surface area contributed by atoms with Crippen LogP contribution in [-0.4, -0.2) is 57.0 Å². The average molecular weight is 503 g/mol. The Balaban J connectivity index is 1.46. The first-order valence-corrected chi connectivity index (χ1v) is 13.9. The van der Waals surface area contributed by atoms with Gasteiger partial charge < -0.3 is 14.6 Å². The van der Waals surface area contributed by atoms with Gasteiger partial charge >= 0.3 is 0 Å². The number of hydrogen-bond donors (Lipinski definition) is 1. The Bertz CT molecular complexity index is 1110. The summed E-state index contributed by atoms with van der Waals surface area (Å²) < 4.78 is 8.87. The molecule has 0 aliphatic heterocycles. The number of fused-ring (bicyclic) bond motifs is 1. The second-order valence-corrected chi connectivity index (χ2v) is 10.8. The molecule has 0 saturated heterocycles. The Morgan fingerprint density at radius 2 is 2.06 bits per heavy atom. The highest BCUT2D eigenvalue weighted by atomic mass is 32.2. The monoisotopic (exact) mass is 502 g/mol. The number of amides is 1. The lowest BCUT2D eigenvalue weighted by atomic mass is 9.95. The van der Waals surface area contributed by atoms with Crippen molar-refractivity contribution in [2.45, 2.75) is 69.6 Å². The number of benzene rings is 1. The zero-order valence-electron chi connectivity index (χ0n) is 20.4. The summed E-state index contributed by atoms with van der Waals surface area (Å²) in [6.07, 6.45) is 7.00. The minimum Gasteiger partial charge on any atom is -0.494 e. The van der Waals surface area contributed by atoms with Gasteiger partial charge in [-0.3, -0.25) is 9.69 Å². The van der Waals surface area contributed by atoms with Gasteiger partial charge in [0.25, 0.3) is 0 Å². The van der Waals surface area contributed by atoms with Crippen LogP contribution in [0.5, 0.6) is 5.75 Å². The Hall–Kier alpha value is -2.17. The summed E-state index contributed by atoms with van der Waals surface area (Å²) in [5.41, 5.74) is 0.854. The second kappa shape index (κ2) is 11.5. The number of thiazole rings is 1. The van der Waals surface area contributed by atoms with Crippen LogP contribution in [0.4, 0.5) is 5.13 Å². The van der Waals surface area contributed by atoms with Crippen molar-refractivity contribution in [2.24, 2.45) is 0 Å². The fraction of sp³-hybridized carbons (Fsp3) is 0.583. The van der Waals surface area contributed by atoms with Crippen LogP contribution in [0.2, 0.25) is 0 Å². The van der Waals surface area contributed by atoms with Crippen molar-refractivity contribution in [1.82, 2.24) is 24.6 Å². The van der Waals surface area contributed by atoms with Gasteiger partial charge in [0.15, 0.2) is 16.1 Å². The van der Waals surface area contributed by atoms with Crippen LogP contribution in [0.15, 0.2) is 23.4 Å². The van der Waals surface area contributed by atoms with E-state index in [9.17, 15) is 4.79 Å². The molecule has 1 aromatic carbocycles. The first kappa shape index (κ1) is 24.9. The lowest BCUT2D eigenvalue weighted by molar-refractivity contribution is -0.113. The molecule has 8 nitrogen and oxygen atoms in total. The lowest BCUT2D eigenvalue weighted by Gasteiger charge is -2.29. The Morgan fingerprint density at radius 3 is 2.76 bits per heavy atom. The molecule has 10 heteroatoms. The number of carbonyl (C=O) groups excluding carboxylic acids is 1. The summed E-state index contributed by atoms with van der Waals surface area (Å²) in [6, 6.07) is 6.40. The SMILES string of the molecule is CCOc1ccc2nc(NC(=O)CSc3nnc(C(CC)N(C)C)n3C3CCCCC3)sc2c1. The molecule has 1 amide bonds. The van der Waals surface area contributed by atoms with Gasteiger partial charge in [0.2, 0.25) is 5.91 Å². The molecule has 0 bridgehead atoms. The van der Waals surface area contributed by atoms with Crippen molar-refractivity contribution >= 4 is 44.4 Å². The molecule has 3 aromatic rings. The molecule has 2 heterocycles.